The largest absolute Gasteiger partial charge is 0.444 e. The molecule has 0 aliphatic carbocycles. The fourth-order valence-corrected chi connectivity index (χ4v) is 7.42. The summed E-state index contributed by atoms with van der Waals surface area (Å²) in [6.45, 7) is 24.9. The number of nitrogens with one attached hydrogen (secondary N) is 2. The fraction of sp³-hybridized carbons (Fsp3) is 0.571. The molecular weight excluding hydrogens is 936 g/mol. The number of amides is 2. The van der Waals surface area contributed by atoms with Gasteiger partial charge in [0, 0.05) is 134 Å². The Morgan fingerprint density at radius 3 is 1.48 bits per heavy atom. The van der Waals surface area contributed by atoms with Crippen LogP contribution in [0.2, 0.25) is 0 Å². The summed E-state index contributed by atoms with van der Waals surface area (Å²) in [6.07, 6.45) is 6.86. The zero-order valence-electron chi connectivity index (χ0n) is 40.5. The topological polar surface area (TPSA) is 162 Å². The number of nitrogens with zero attached hydrogens (tertiary/aromatic N) is 6. The van der Waals surface area contributed by atoms with E-state index in [1.54, 1.807) is 9.80 Å². The SMILES string of the molecule is CC(C)(C)OC(=O)N1CCCN(c2ccc(N)cc2)CC1.CC(C)(C)OC(=O)N1CCCNCC1.O=[N+]([O-])c1ccc(F)cc1.[CH3-].[Pd].c1cc(N2CCCNCC2)ccc1N1CCCCC1. The van der Waals surface area contributed by atoms with Crippen molar-refractivity contribution in [2.45, 2.75) is 91.3 Å². The molecule has 3 aromatic carbocycles. The molecule has 7 rings (SSSR count). The number of ether oxygens (including phenoxy) is 2. The summed E-state index contributed by atoms with van der Waals surface area (Å²) >= 11 is 0. The van der Waals surface area contributed by atoms with Gasteiger partial charge >= 0.3 is 12.2 Å². The minimum absolute atomic E-state index is 0. The first-order chi connectivity index (χ1) is 30.5. The molecule has 0 spiro atoms. The molecule has 4 saturated heterocycles. The van der Waals surface area contributed by atoms with Gasteiger partial charge in [-0.3, -0.25) is 10.1 Å². The van der Waals surface area contributed by atoms with Crippen molar-refractivity contribution in [1.29, 1.82) is 0 Å². The third-order valence-electron chi connectivity index (χ3n) is 10.7. The van der Waals surface area contributed by atoms with Gasteiger partial charge in [-0.2, -0.15) is 0 Å². The molecule has 0 unspecified atom stereocenters. The van der Waals surface area contributed by atoms with E-state index in [-0.39, 0.29) is 45.7 Å². The molecule has 66 heavy (non-hydrogen) atoms. The van der Waals surface area contributed by atoms with Crippen LogP contribution in [0.25, 0.3) is 0 Å². The maximum atomic E-state index is 12.1. The maximum absolute atomic E-state index is 12.1. The van der Waals surface area contributed by atoms with Gasteiger partial charge in [0.05, 0.1) is 4.92 Å². The third-order valence-corrected chi connectivity index (χ3v) is 10.7. The number of halogens is 1. The first-order valence-corrected chi connectivity index (χ1v) is 22.9. The van der Waals surface area contributed by atoms with Crippen molar-refractivity contribution < 1.29 is 48.8 Å². The number of nitrogens with two attached hydrogens (primary N) is 1. The standard InChI is InChI=1S/C16H25N3O2.C16H25N3.C10H20N2O2.C6H4FNO2.CH3.Pd/c1-16(2,3)21-15(20)19-10-4-9-18(11-12-19)14-7-5-13(17)6-8-14;1-2-11-18(12-3-1)15-5-7-16(8-6-15)19-13-4-9-17-10-14-19;1-10(2,3)14-9(13)12-7-4-5-11-6-8-12;7-5-1-3-6(4-2-5)8(9)10;;/h5-8H,4,9-12,17H2,1-3H3;5-8,17H,1-4,9-14H2;11H,4-8H2,1-3H3;1-4H;1H3;/q;;;;-1;. The van der Waals surface area contributed by atoms with Crippen molar-refractivity contribution >= 4 is 40.6 Å². The summed E-state index contributed by atoms with van der Waals surface area (Å²) in [6, 6.07) is 21.4. The van der Waals surface area contributed by atoms with E-state index in [4.69, 9.17) is 15.2 Å². The van der Waals surface area contributed by atoms with Gasteiger partial charge in [0.15, 0.2) is 0 Å². The van der Waals surface area contributed by atoms with Crippen LogP contribution in [0, 0.1) is 23.4 Å². The smallest absolute Gasteiger partial charge is 0.410 e. The van der Waals surface area contributed by atoms with E-state index in [1.165, 1.54) is 56.7 Å². The minimum Gasteiger partial charge on any atom is -0.444 e. The molecule has 2 amide bonds. The number of nitro groups is 1. The van der Waals surface area contributed by atoms with Crippen LogP contribution in [-0.2, 0) is 29.9 Å². The van der Waals surface area contributed by atoms with Gasteiger partial charge < -0.3 is 57.8 Å². The molecule has 0 radical (unpaired) electrons. The Bertz CT molecular complexity index is 1820. The summed E-state index contributed by atoms with van der Waals surface area (Å²) in [5, 5.41) is 16.7. The Balaban J connectivity index is 0.000000309. The van der Waals surface area contributed by atoms with Crippen molar-refractivity contribution in [2.75, 3.05) is 112 Å². The fourth-order valence-electron chi connectivity index (χ4n) is 7.42. The van der Waals surface area contributed by atoms with Gasteiger partial charge in [-0.15, -0.1) is 0 Å². The number of anilines is 4. The molecule has 17 heteroatoms. The van der Waals surface area contributed by atoms with Crippen LogP contribution < -0.4 is 31.1 Å². The molecule has 4 aliphatic rings. The second kappa shape index (κ2) is 29.2. The molecule has 15 nitrogen and oxygen atoms in total. The van der Waals surface area contributed by atoms with Crippen molar-refractivity contribution in [1.82, 2.24) is 20.4 Å². The summed E-state index contributed by atoms with van der Waals surface area (Å²) in [7, 11) is 0. The van der Waals surface area contributed by atoms with Gasteiger partial charge in [0.25, 0.3) is 5.69 Å². The Hall–Kier alpha value is -4.69. The van der Waals surface area contributed by atoms with E-state index < -0.39 is 21.9 Å². The number of benzene rings is 3. The molecule has 4 N–H and O–H groups in total. The normalized spacial score (nSPS) is 16.8. The van der Waals surface area contributed by atoms with Crippen molar-refractivity contribution in [2.24, 2.45) is 0 Å². The molecule has 3 aromatic rings. The van der Waals surface area contributed by atoms with Gasteiger partial charge in [-0.1, -0.05) is 0 Å². The molecule has 4 fully saturated rings. The van der Waals surface area contributed by atoms with E-state index in [9.17, 15) is 24.1 Å². The summed E-state index contributed by atoms with van der Waals surface area (Å²) < 4.78 is 22.9. The average molecular weight is 1010 g/mol. The molecule has 0 atom stereocenters. The Kier molecular flexibility index (Phi) is 25.4. The predicted octanol–water partition coefficient (Wildman–Crippen LogP) is 8.59. The Labute approximate surface area is 407 Å². The van der Waals surface area contributed by atoms with Gasteiger partial charge in [0.2, 0.25) is 0 Å². The maximum Gasteiger partial charge on any atom is 0.410 e. The summed E-state index contributed by atoms with van der Waals surface area (Å²) in [5.41, 5.74) is 9.48. The summed E-state index contributed by atoms with van der Waals surface area (Å²) in [5.74, 6) is -0.467. The van der Waals surface area contributed by atoms with Crippen LogP contribution in [0.3, 0.4) is 0 Å². The van der Waals surface area contributed by atoms with Crippen LogP contribution in [-0.4, -0.2) is 130 Å². The van der Waals surface area contributed by atoms with Crippen LogP contribution in [0.1, 0.15) is 80.1 Å². The number of hydrogen-bond donors (Lipinski definition) is 3. The first kappa shape index (κ1) is 57.4. The monoisotopic (exact) mass is 1010 g/mol. The quantitative estimate of drug-likeness (QED) is 0.0752. The van der Waals surface area contributed by atoms with E-state index in [2.05, 4.69) is 49.6 Å². The molecule has 0 saturated carbocycles. The molecule has 0 bridgehead atoms. The number of hydrogen-bond acceptors (Lipinski definition) is 12. The molecule has 372 valence electrons. The average Bonchev–Trinajstić information content (AvgIpc) is 3.81. The summed E-state index contributed by atoms with van der Waals surface area (Å²) in [4.78, 5) is 44.1. The molecular formula is C49H77FN9O6Pd-. The van der Waals surface area contributed by atoms with E-state index in [0.717, 1.165) is 114 Å². The predicted molar refractivity (Wildman–Crippen MR) is 262 cm³/mol. The number of piperidine rings is 1. The number of carbonyl (C=O) groups is 2. The van der Waals surface area contributed by atoms with Crippen molar-refractivity contribution in [3.05, 3.63) is 96.2 Å². The van der Waals surface area contributed by atoms with Crippen molar-refractivity contribution in [3.63, 3.8) is 0 Å². The first-order valence-electron chi connectivity index (χ1n) is 22.9. The van der Waals surface area contributed by atoms with E-state index in [0.29, 0.717) is 6.54 Å². The van der Waals surface area contributed by atoms with Crippen LogP contribution in [0.5, 0.6) is 0 Å². The van der Waals surface area contributed by atoms with E-state index >= 15 is 0 Å². The molecule has 4 aliphatic heterocycles. The number of carbonyl (C=O) groups excluding carboxylic acids is 2. The minimum atomic E-state index is -0.570. The second-order valence-corrected chi connectivity index (χ2v) is 18.4. The van der Waals surface area contributed by atoms with Crippen LogP contribution in [0.15, 0.2) is 72.8 Å². The molecule has 4 heterocycles. The van der Waals surface area contributed by atoms with Crippen LogP contribution >= 0.6 is 0 Å². The van der Waals surface area contributed by atoms with E-state index in [1.807, 2.05) is 65.8 Å². The number of rotatable bonds is 4. The van der Waals surface area contributed by atoms with Gasteiger partial charge in [-0.25, -0.2) is 14.0 Å². The van der Waals surface area contributed by atoms with Crippen molar-refractivity contribution in [3.8, 4) is 0 Å². The zero-order valence-corrected chi connectivity index (χ0v) is 42.0. The van der Waals surface area contributed by atoms with Gasteiger partial charge in [0.1, 0.15) is 17.0 Å². The van der Waals surface area contributed by atoms with Crippen LogP contribution in [0.4, 0.5) is 42.4 Å². The zero-order chi connectivity index (χ0) is 46.5. The Morgan fingerprint density at radius 2 is 0.970 bits per heavy atom. The third kappa shape index (κ3) is 21.7. The molecule has 0 aromatic heterocycles. The number of non-ortho nitro benzene ring substituents is 1. The van der Waals surface area contributed by atoms with Gasteiger partial charge in [-0.05, 0) is 154 Å². The number of nitro benzene ring substituents is 1. The Morgan fingerprint density at radius 1 is 0.561 bits per heavy atom. The second-order valence-electron chi connectivity index (χ2n) is 18.4. The number of nitrogen functional groups attached to an aromatic ring is 1.